The van der Waals surface area contributed by atoms with Gasteiger partial charge in [0.15, 0.2) is 0 Å². The number of aromatic amines is 1. The van der Waals surface area contributed by atoms with Gasteiger partial charge >= 0.3 is 6.09 Å². The number of amides is 3. The summed E-state index contributed by atoms with van der Waals surface area (Å²) in [6.45, 7) is 8.15. The molecule has 1 aromatic heterocycles. The Morgan fingerprint density at radius 1 is 1.19 bits per heavy atom. The van der Waals surface area contributed by atoms with Gasteiger partial charge in [-0.15, -0.1) is 0 Å². The third kappa shape index (κ3) is 6.24. The first-order valence-electron chi connectivity index (χ1n) is 12.1. The summed E-state index contributed by atoms with van der Waals surface area (Å²) in [4.78, 5) is 45.1. The van der Waals surface area contributed by atoms with Crippen LogP contribution in [0.3, 0.4) is 0 Å². The zero-order valence-electron chi connectivity index (χ0n) is 21.4. The van der Waals surface area contributed by atoms with Crippen molar-refractivity contribution in [3.8, 4) is 0 Å². The third-order valence-corrected chi connectivity index (χ3v) is 6.35. The number of aryl methyl sites for hydroxylation is 1. The molecule has 3 rings (SSSR count). The summed E-state index contributed by atoms with van der Waals surface area (Å²) in [5.41, 5.74) is 2.84. The van der Waals surface area contributed by atoms with Gasteiger partial charge in [0, 0.05) is 35.7 Å². The van der Waals surface area contributed by atoms with E-state index in [0.717, 1.165) is 18.0 Å². The van der Waals surface area contributed by atoms with Crippen LogP contribution in [0.15, 0.2) is 18.2 Å². The van der Waals surface area contributed by atoms with E-state index in [1.807, 2.05) is 18.7 Å². The van der Waals surface area contributed by atoms with E-state index in [9.17, 15) is 23.9 Å². The Labute approximate surface area is 214 Å². The van der Waals surface area contributed by atoms with Gasteiger partial charge in [-0.05, 0) is 56.8 Å². The maximum Gasteiger partial charge on any atom is 0.416 e. The van der Waals surface area contributed by atoms with Crippen LogP contribution in [0.2, 0.25) is 0 Å². The van der Waals surface area contributed by atoms with Crippen LogP contribution in [0.4, 0.5) is 14.9 Å². The minimum absolute atomic E-state index is 0.0457. The molecule has 1 aromatic carbocycles. The molecule has 0 radical (unpaired) electrons. The summed E-state index contributed by atoms with van der Waals surface area (Å²) in [5.74, 6) is -1.48. The Morgan fingerprint density at radius 3 is 2.54 bits per heavy atom. The normalized spacial score (nSPS) is 14.6. The van der Waals surface area contributed by atoms with Gasteiger partial charge in [-0.25, -0.2) is 14.1 Å². The van der Waals surface area contributed by atoms with Gasteiger partial charge in [-0.1, -0.05) is 13.8 Å². The van der Waals surface area contributed by atoms with Gasteiger partial charge in [-0.2, -0.15) is 0 Å². The number of H-pyrrole nitrogens is 1. The highest BCUT2D eigenvalue weighted by molar-refractivity contribution is 6.35. The van der Waals surface area contributed by atoms with Crippen molar-refractivity contribution in [3.05, 3.63) is 52.1 Å². The number of imide groups is 1. The second-order valence-electron chi connectivity index (χ2n) is 8.76. The highest BCUT2D eigenvalue weighted by Crippen LogP contribution is 2.34. The largest absolute Gasteiger partial charge is 0.446 e. The lowest BCUT2D eigenvalue weighted by atomic mass is 10.0. The molecule has 1 atom stereocenters. The molecule has 3 amide bonds. The van der Waals surface area contributed by atoms with Crippen molar-refractivity contribution in [1.82, 2.24) is 14.8 Å². The average Bonchev–Trinajstić information content (AvgIpc) is 3.33. The molecule has 37 heavy (non-hydrogen) atoms. The van der Waals surface area contributed by atoms with Crippen LogP contribution in [-0.4, -0.2) is 88.4 Å². The molecule has 0 saturated carbocycles. The summed E-state index contributed by atoms with van der Waals surface area (Å²) in [6.07, 6.45) is -0.650. The molecule has 4 N–H and O–H groups in total. The smallest absolute Gasteiger partial charge is 0.416 e. The van der Waals surface area contributed by atoms with Gasteiger partial charge in [0.1, 0.15) is 18.5 Å². The standard InChI is InChI=1S/C26H33FN4O6/c1-5-30(6-2)9-10-31(26(36)37-14-18(33)13-32)25(35)23-15(3)22(28-16(23)4)12-20-19-11-17(27)7-8-21(19)29-24(20)34/h7-8,11-12,18,28,32-33H,5-6,9-10,13-14H2,1-4H3,(H,29,34)/b20-12-. The van der Waals surface area contributed by atoms with Gasteiger partial charge in [0.25, 0.3) is 11.8 Å². The molecule has 2 heterocycles. The summed E-state index contributed by atoms with van der Waals surface area (Å²) in [5, 5.41) is 21.3. The van der Waals surface area contributed by atoms with Crippen molar-refractivity contribution in [2.24, 2.45) is 0 Å². The fraction of sp³-hybridized carbons (Fsp3) is 0.423. The van der Waals surface area contributed by atoms with Crippen molar-refractivity contribution < 1.29 is 33.7 Å². The maximum absolute atomic E-state index is 13.8. The number of aliphatic hydroxyl groups is 2. The molecule has 1 aliphatic rings. The summed E-state index contributed by atoms with van der Waals surface area (Å²) < 4.78 is 18.9. The zero-order chi connectivity index (χ0) is 27.3. The third-order valence-electron chi connectivity index (χ3n) is 6.35. The molecule has 0 saturated heterocycles. The van der Waals surface area contributed by atoms with Crippen LogP contribution < -0.4 is 5.32 Å². The number of carbonyl (C=O) groups excluding carboxylic acids is 3. The molecule has 2 aromatic rings. The first kappa shape index (κ1) is 28.0. The van der Waals surface area contributed by atoms with Crippen LogP contribution in [0, 0.1) is 19.7 Å². The van der Waals surface area contributed by atoms with E-state index in [1.54, 1.807) is 19.9 Å². The number of benzene rings is 1. The second-order valence-corrected chi connectivity index (χ2v) is 8.76. The molecule has 0 aliphatic carbocycles. The minimum Gasteiger partial charge on any atom is -0.446 e. The van der Waals surface area contributed by atoms with Gasteiger partial charge in [-0.3, -0.25) is 9.59 Å². The van der Waals surface area contributed by atoms with E-state index in [-0.39, 0.29) is 17.7 Å². The molecule has 200 valence electrons. The molecule has 1 aliphatic heterocycles. The molecule has 1 unspecified atom stereocenters. The molecular weight excluding hydrogens is 483 g/mol. The SMILES string of the molecule is CCN(CC)CCN(C(=O)OCC(O)CO)C(=O)c1c(C)[nH]c(/C=C2\C(=O)Nc3ccc(F)cc32)c1C. The van der Waals surface area contributed by atoms with Crippen LogP contribution in [0.5, 0.6) is 0 Å². The number of anilines is 1. The number of nitrogens with zero attached hydrogens (tertiary/aromatic N) is 2. The predicted octanol–water partition coefficient (Wildman–Crippen LogP) is 2.54. The lowest BCUT2D eigenvalue weighted by Crippen LogP contribution is -2.43. The second kappa shape index (κ2) is 12.1. The number of hydrogen-bond donors (Lipinski definition) is 4. The van der Waals surface area contributed by atoms with Crippen molar-refractivity contribution in [1.29, 1.82) is 0 Å². The molecule has 0 bridgehead atoms. The first-order valence-corrected chi connectivity index (χ1v) is 12.1. The number of carbonyl (C=O) groups is 3. The van der Waals surface area contributed by atoms with Crippen LogP contribution >= 0.6 is 0 Å². The number of likely N-dealkylation sites (N-methyl/N-ethyl adjacent to an activating group) is 1. The molecule has 10 nitrogen and oxygen atoms in total. The fourth-order valence-electron chi connectivity index (χ4n) is 4.18. The van der Waals surface area contributed by atoms with Crippen molar-refractivity contribution >= 4 is 35.2 Å². The number of ether oxygens (including phenoxy) is 1. The van der Waals surface area contributed by atoms with Gasteiger partial charge in [0.2, 0.25) is 0 Å². The number of aromatic nitrogens is 1. The highest BCUT2D eigenvalue weighted by Gasteiger charge is 2.30. The number of halogens is 1. The number of hydrogen-bond acceptors (Lipinski definition) is 7. The lowest BCUT2D eigenvalue weighted by Gasteiger charge is -2.25. The van der Waals surface area contributed by atoms with Crippen molar-refractivity contribution in [3.63, 3.8) is 0 Å². The monoisotopic (exact) mass is 516 g/mol. The first-order chi connectivity index (χ1) is 17.6. The van der Waals surface area contributed by atoms with E-state index < -0.39 is 43.0 Å². The zero-order valence-corrected chi connectivity index (χ0v) is 21.4. The van der Waals surface area contributed by atoms with Crippen molar-refractivity contribution in [2.75, 3.05) is 44.7 Å². The van der Waals surface area contributed by atoms with E-state index in [0.29, 0.717) is 34.7 Å². The number of fused-ring (bicyclic) bond motifs is 1. The Kier molecular flexibility index (Phi) is 9.19. The van der Waals surface area contributed by atoms with Crippen LogP contribution in [-0.2, 0) is 9.53 Å². The lowest BCUT2D eigenvalue weighted by molar-refractivity contribution is -0.110. The van der Waals surface area contributed by atoms with Gasteiger partial charge in [0.05, 0.1) is 17.7 Å². The molecule has 0 spiro atoms. The maximum atomic E-state index is 13.8. The van der Waals surface area contributed by atoms with E-state index in [4.69, 9.17) is 9.84 Å². The summed E-state index contributed by atoms with van der Waals surface area (Å²) >= 11 is 0. The molecule has 11 heteroatoms. The summed E-state index contributed by atoms with van der Waals surface area (Å²) in [6, 6.07) is 4.01. The van der Waals surface area contributed by atoms with Crippen LogP contribution in [0.25, 0.3) is 11.6 Å². The van der Waals surface area contributed by atoms with Crippen LogP contribution in [0.1, 0.15) is 46.7 Å². The van der Waals surface area contributed by atoms with Gasteiger partial charge < -0.3 is 30.2 Å². The van der Waals surface area contributed by atoms with E-state index in [2.05, 4.69) is 10.3 Å². The fourth-order valence-corrected chi connectivity index (χ4v) is 4.18. The highest BCUT2D eigenvalue weighted by atomic mass is 19.1. The average molecular weight is 517 g/mol. The summed E-state index contributed by atoms with van der Waals surface area (Å²) in [7, 11) is 0. The topological polar surface area (TPSA) is 135 Å². The Morgan fingerprint density at radius 2 is 1.89 bits per heavy atom. The predicted molar refractivity (Wildman–Crippen MR) is 136 cm³/mol. The quantitative estimate of drug-likeness (QED) is 0.357. The number of nitrogens with one attached hydrogen (secondary N) is 2. The Hall–Kier alpha value is -3.54. The number of aliphatic hydroxyl groups excluding tert-OH is 2. The van der Waals surface area contributed by atoms with Crippen molar-refractivity contribution in [2.45, 2.75) is 33.8 Å². The molecule has 0 fully saturated rings. The van der Waals surface area contributed by atoms with E-state index in [1.165, 1.54) is 18.2 Å². The molecular formula is C26H33FN4O6. The number of rotatable bonds is 10. The van der Waals surface area contributed by atoms with E-state index >= 15 is 0 Å². The Balaban J connectivity index is 1.94. The minimum atomic E-state index is -1.26. The Bertz CT molecular complexity index is 1200.